The third kappa shape index (κ3) is 5.65. The molecule has 0 spiro atoms. The average molecular weight is 393 g/mol. The number of halogens is 1. The van der Waals surface area contributed by atoms with Crippen LogP contribution in [0.2, 0.25) is 0 Å². The van der Waals surface area contributed by atoms with Crippen LogP contribution < -0.4 is 5.32 Å². The lowest BCUT2D eigenvalue weighted by molar-refractivity contribution is 0.0179. The fraction of sp³-hybridized carbons (Fsp3) is 0.667. The van der Waals surface area contributed by atoms with Crippen LogP contribution in [-0.2, 0) is 9.47 Å². The van der Waals surface area contributed by atoms with Crippen LogP contribution in [0.1, 0.15) is 24.9 Å². The van der Waals surface area contributed by atoms with Gasteiger partial charge in [-0.05, 0) is 31.0 Å². The van der Waals surface area contributed by atoms with Crippen LogP contribution in [0.25, 0.3) is 0 Å². The molecule has 3 rings (SSSR count). The third-order valence-corrected chi connectivity index (χ3v) is 5.48. The zero-order valence-corrected chi connectivity index (χ0v) is 17.1. The molecular weight excluding hydrogens is 359 g/mol. The number of methoxy groups -OCH3 is 1. The standard InChI is InChI=1S/C21H33FN4O2/c1-3-23-21(26-9-8-17(15-26)16-27-2)24-14-20(25-10-12-28-13-11-25)18-4-6-19(22)7-5-18/h4-7,17,20H,3,8-16H2,1-2H3,(H,23,24). The second kappa shape index (κ2) is 10.7. The van der Waals surface area contributed by atoms with Crippen LogP contribution >= 0.6 is 0 Å². The first-order valence-electron chi connectivity index (χ1n) is 10.3. The topological polar surface area (TPSA) is 49.3 Å². The van der Waals surface area contributed by atoms with Gasteiger partial charge in [0.25, 0.3) is 0 Å². The normalized spacial score (nSPS) is 22.5. The maximum atomic E-state index is 13.4. The molecule has 7 heteroatoms. The summed E-state index contributed by atoms with van der Waals surface area (Å²) in [6.07, 6.45) is 1.13. The van der Waals surface area contributed by atoms with Gasteiger partial charge in [-0.2, -0.15) is 0 Å². The molecule has 0 aliphatic carbocycles. The molecule has 2 saturated heterocycles. The first-order chi connectivity index (χ1) is 13.7. The molecule has 2 unspecified atom stereocenters. The van der Waals surface area contributed by atoms with Crippen LogP contribution in [0, 0.1) is 11.7 Å². The van der Waals surface area contributed by atoms with Gasteiger partial charge in [-0.25, -0.2) is 4.39 Å². The Morgan fingerprint density at radius 2 is 2.04 bits per heavy atom. The Bertz CT molecular complexity index is 619. The van der Waals surface area contributed by atoms with Gasteiger partial charge in [-0.15, -0.1) is 0 Å². The Hall–Kier alpha value is -1.70. The van der Waals surface area contributed by atoms with Crippen LogP contribution in [0.5, 0.6) is 0 Å². The second-order valence-corrected chi connectivity index (χ2v) is 7.47. The molecule has 2 fully saturated rings. The lowest BCUT2D eigenvalue weighted by Gasteiger charge is -2.34. The van der Waals surface area contributed by atoms with Crippen molar-refractivity contribution in [1.82, 2.24) is 15.1 Å². The minimum absolute atomic E-state index is 0.121. The molecule has 0 saturated carbocycles. The number of benzene rings is 1. The summed E-state index contributed by atoms with van der Waals surface area (Å²) in [6, 6.07) is 6.95. The smallest absolute Gasteiger partial charge is 0.193 e. The van der Waals surface area contributed by atoms with Gasteiger partial charge in [0.05, 0.1) is 32.4 Å². The zero-order valence-electron chi connectivity index (χ0n) is 17.1. The molecule has 28 heavy (non-hydrogen) atoms. The molecule has 0 amide bonds. The number of rotatable bonds is 7. The molecule has 0 radical (unpaired) electrons. The highest BCUT2D eigenvalue weighted by molar-refractivity contribution is 5.80. The van der Waals surface area contributed by atoms with Gasteiger partial charge in [0.15, 0.2) is 5.96 Å². The van der Waals surface area contributed by atoms with Crippen LogP contribution in [0.4, 0.5) is 4.39 Å². The highest BCUT2D eigenvalue weighted by Gasteiger charge is 2.26. The summed E-state index contributed by atoms with van der Waals surface area (Å²) in [7, 11) is 1.76. The molecule has 0 bridgehead atoms. The molecule has 1 aromatic rings. The van der Waals surface area contributed by atoms with Crippen molar-refractivity contribution in [3.8, 4) is 0 Å². The predicted octanol–water partition coefficient (Wildman–Crippen LogP) is 2.13. The quantitative estimate of drug-likeness (QED) is 0.569. The van der Waals surface area contributed by atoms with Crippen molar-refractivity contribution in [2.24, 2.45) is 10.9 Å². The number of aliphatic imine (C=N–C) groups is 1. The van der Waals surface area contributed by atoms with Crippen molar-refractivity contribution < 1.29 is 13.9 Å². The minimum atomic E-state index is -0.206. The third-order valence-electron chi connectivity index (χ3n) is 5.48. The number of likely N-dealkylation sites (tertiary alicyclic amines) is 1. The monoisotopic (exact) mass is 392 g/mol. The Morgan fingerprint density at radius 3 is 2.71 bits per heavy atom. The van der Waals surface area contributed by atoms with Gasteiger partial charge in [-0.1, -0.05) is 12.1 Å². The van der Waals surface area contributed by atoms with Gasteiger partial charge in [0.2, 0.25) is 0 Å². The number of hydrogen-bond donors (Lipinski definition) is 1. The molecule has 0 aromatic heterocycles. The van der Waals surface area contributed by atoms with Crippen LogP contribution in [-0.4, -0.2) is 82.0 Å². The largest absolute Gasteiger partial charge is 0.384 e. The van der Waals surface area contributed by atoms with E-state index in [1.165, 1.54) is 12.1 Å². The first kappa shape index (κ1) is 21.0. The fourth-order valence-electron chi connectivity index (χ4n) is 4.00. The summed E-state index contributed by atoms with van der Waals surface area (Å²) >= 11 is 0. The van der Waals surface area contributed by atoms with Crippen molar-refractivity contribution in [3.05, 3.63) is 35.6 Å². The van der Waals surface area contributed by atoms with Crippen molar-refractivity contribution in [2.45, 2.75) is 19.4 Å². The molecule has 2 aliphatic rings. The van der Waals surface area contributed by atoms with Gasteiger partial charge < -0.3 is 19.7 Å². The van der Waals surface area contributed by atoms with Crippen molar-refractivity contribution in [1.29, 1.82) is 0 Å². The SMILES string of the molecule is CCNC(=NCC(c1ccc(F)cc1)N1CCOCC1)N1CCC(COC)C1. The van der Waals surface area contributed by atoms with Crippen molar-refractivity contribution in [3.63, 3.8) is 0 Å². The maximum Gasteiger partial charge on any atom is 0.193 e. The highest BCUT2D eigenvalue weighted by atomic mass is 19.1. The summed E-state index contributed by atoms with van der Waals surface area (Å²) < 4.78 is 24.3. The summed E-state index contributed by atoms with van der Waals surface area (Å²) in [5, 5.41) is 3.44. The van der Waals surface area contributed by atoms with E-state index in [4.69, 9.17) is 14.5 Å². The lowest BCUT2D eigenvalue weighted by Crippen LogP contribution is -2.43. The van der Waals surface area contributed by atoms with Crippen LogP contribution in [0.3, 0.4) is 0 Å². The number of ether oxygens (including phenoxy) is 2. The Kier molecular flexibility index (Phi) is 8.06. The molecule has 1 N–H and O–H groups in total. The molecule has 156 valence electrons. The molecular formula is C21H33FN4O2. The highest BCUT2D eigenvalue weighted by Crippen LogP contribution is 2.23. The van der Waals surface area contributed by atoms with E-state index in [1.807, 2.05) is 12.1 Å². The lowest BCUT2D eigenvalue weighted by atomic mass is 10.0. The van der Waals surface area contributed by atoms with E-state index in [0.29, 0.717) is 12.5 Å². The van der Waals surface area contributed by atoms with E-state index >= 15 is 0 Å². The van der Waals surface area contributed by atoms with Crippen molar-refractivity contribution >= 4 is 5.96 Å². The van der Waals surface area contributed by atoms with Gasteiger partial charge in [-0.3, -0.25) is 9.89 Å². The fourth-order valence-corrected chi connectivity index (χ4v) is 4.00. The van der Waals surface area contributed by atoms with E-state index in [0.717, 1.165) is 70.5 Å². The number of nitrogens with zero attached hydrogens (tertiary/aromatic N) is 3. The van der Waals surface area contributed by atoms with Crippen LogP contribution in [0.15, 0.2) is 29.3 Å². The molecule has 1 aromatic carbocycles. The van der Waals surface area contributed by atoms with E-state index in [9.17, 15) is 4.39 Å². The molecule has 2 aliphatic heterocycles. The number of hydrogen-bond acceptors (Lipinski definition) is 4. The van der Waals surface area contributed by atoms with Gasteiger partial charge >= 0.3 is 0 Å². The number of morpholine rings is 1. The van der Waals surface area contributed by atoms with Gasteiger partial charge in [0, 0.05) is 45.8 Å². The predicted molar refractivity (Wildman–Crippen MR) is 109 cm³/mol. The average Bonchev–Trinajstić information content (AvgIpc) is 3.18. The second-order valence-electron chi connectivity index (χ2n) is 7.47. The summed E-state index contributed by atoms with van der Waals surface area (Å²) in [5.74, 6) is 1.31. The Morgan fingerprint density at radius 1 is 1.29 bits per heavy atom. The van der Waals surface area contributed by atoms with E-state index in [2.05, 4.69) is 22.0 Å². The summed E-state index contributed by atoms with van der Waals surface area (Å²) in [6.45, 7) is 9.53. The number of nitrogens with one attached hydrogen (secondary N) is 1. The molecule has 6 nitrogen and oxygen atoms in total. The molecule has 2 atom stereocenters. The Balaban J connectivity index is 1.74. The first-order valence-corrected chi connectivity index (χ1v) is 10.3. The van der Waals surface area contributed by atoms with Crippen molar-refractivity contribution in [2.75, 3.05) is 66.2 Å². The minimum Gasteiger partial charge on any atom is -0.384 e. The van der Waals surface area contributed by atoms with E-state index in [1.54, 1.807) is 7.11 Å². The molecule has 2 heterocycles. The maximum absolute atomic E-state index is 13.4. The number of guanidine groups is 1. The summed E-state index contributed by atoms with van der Waals surface area (Å²) in [4.78, 5) is 9.70. The zero-order chi connectivity index (χ0) is 19.8. The Labute approximate surface area is 167 Å². The van der Waals surface area contributed by atoms with E-state index in [-0.39, 0.29) is 11.9 Å². The van der Waals surface area contributed by atoms with Gasteiger partial charge in [0.1, 0.15) is 5.82 Å². The summed E-state index contributed by atoms with van der Waals surface area (Å²) in [5.41, 5.74) is 1.10. The van der Waals surface area contributed by atoms with E-state index < -0.39 is 0 Å².